The van der Waals surface area contributed by atoms with Gasteiger partial charge in [0.2, 0.25) is 5.91 Å². The van der Waals surface area contributed by atoms with Crippen molar-refractivity contribution in [3.8, 4) is 5.75 Å². The Morgan fingerprint density at radius 1 is 1.14 bits per heavy atom. The lowest BCUT2D eigenvalue weighted by Gasteiger charge is -2.17. The zero-order chi connectivity index (χ0) is 20.3. The van der Waals surface area contributed by atoms with E-state index in [1.165, 1.54) is 18.2 Å². The molecule has 1 heterocycles. The van der Waals surface area contributed by atoms with Gasteiger partial charge in [-0.1, -0.05) is 6.07 Å². The summed E-state index contributed by atoms with van der Waals surface area (Å²) in [4.78, 5) is 37.6. The topological polar surface area (TPSA) is 95.9 Å². The molecule has 2 aromatic carbocycles. The van der Waals surface area contributed by atoms with Gasteiger partial charge in [-0.25, -0.2) is 4.79 Å². The normalized spacial score (nSPS) is 13.7. The van der Waals surface area contributed by atoms with Crippen molar-refractivity contribution in [3.63, 3.8) is 0 Å². The van der Waals surface area contributed by atoms with Crippen LogP contribution in [-0.2, 0) is 4.79 Å². The first-order chi connectivity index (χ1) is 13.3. The molecule has 0 saturated carbocycles. The second-order valence-electron chi connectivity index (χ2n) is 6.84. The van der Waals surface area contributed by atoms with Gasteiger partial charge in [-0.05, 0) is 56.7 Å². The van der Waals surface area contributed by atoms with Gasteiger partial charge >= 0.3 is 5.97 Å². The number of hydrogen-bond acceptors (Lipinski definition) is 4. The Labute approximate surface area is 162 Å². The first-order valence-electron chi connectivity index (χ1n) is 9.11. The number of aromatic carboxylic acids is 1. The molecular formula is C21H22N2O5. The molecule has 0 spiro atoms. The Balaban J connectivity index is 1.87. The number of carbonyl (C=O) groups excluding carboxylic acids is 2. The summed E-state index contributed by atoms with van der Waals surface area (Å²) in [5.74, 6) is -1.08. The molecular weight excluding hydrogens is 360 g/mol. The highest BCUT2D eigenvalue weighted by Gasteiger charge is 2.22. The van der Waals surface area contributed by atoms with E-state index in [1.807, 2.05) is 13.8 Å². The average molecular weight is 382 g/mol. The molecule has 0 unspecified atom stereocenters. The van der Waals surface area contributed by atoms with Gasteiger partial charge in [-0.15, -0.1) is 0 Å². The smallest absolute Gasteiger partial charge is 0.335 e. The Bertz CT molecular complexity index is 923. The van der Waals surface area contributed by atoms with Crippen LogP contribution in [0.2, 0.25) is 0 Å². The number of rotatable bonds is 6. The minimum atomic E-state index is -1.10. The molecule has 28 heavy (non-hydrogen) atoms. The number of carbonyl (C=O) groups is 3. The number of nitrogens with one attached hydrogen (secondary N) is 1. The van der Waals surface area contributed by atoms with Crippen molar-refractivity contribution in [2.45, 2.75) is 32.8 Å². The Morgan fingerprint density at radius 3 is 2.57 bits per heavy atom. The number of benzene rings is 2. The Hall–Kier alpha value is -3.35. The fraction of sp³-hybridized carbons (Fsp3) is 0.286. The van der Waals surface area contributed by atoms with E-state index in [0.717, 1.165) is 6.42 Å². The third-order valence-electron chi connectivity index (χ3n) is 4.33. The van der Waals surface area contributed by atoms with Crippen LogP contribution in [0.5, 0.6) is 5.75 Å². The van der Waals surface area contributed by atoms with Gasteiger partial charge < -0.3 is 20.1 Å². The number of anilines is 2. The van der Waals surface area contributed by atoms with Crippen molar-refractivity contribution < 1.29 is 24.2 Å². The fourth-order valence-corrected chi connectivity index (χ4v) is 3.05. The highest BCUT2D eigenvalue weighted by atomic mass is 16.5. The van der Waals surface area contributed by atoms with Gasteiger partial charge in [-0.3, -0.25) is 9.59 Å². The highest BCUT2D eigenvalue weighted by molar-refractivity contribution is 6.07. The Kier molecular flexibility index (Phi) is 5.63. The predicted octanol–water partition coefficient (Wildman–Crippen LogP) is 3.55. The van der Waals surface area contributed by atoms with Gasteiger partial charge in [0, 0.05) is 24.2 Å². The van der Waals surface area contributed by atoms with E-state index in [-0.39, 0.29) is 23.3 Å². The van der Waals surface area contributed by atoms with Gasteiger partial charge in [0.25, 0.3) is 5.91 Å². The maximum Gasteiger partial charge on any atom is 0.335 e. The van der Waals surface area contributed by atoms with Crippen molar-refractivity contribution in [3.05, 3.63) is 53.6 Å². The van der Waals surface area contributed by atoms with Crippen molar-refractivity contribution >= 4 is 29.2 Å². The van der Waals surface area contributed by atoms with Crippen LogP contribution >= 0.6 is 0 Å². The second kappa shape index (κ2) is 8.12. The summed E-state index contributed by atoms with van der Waals surface area (Å²) in [6.45, 7) is 4.32. The minimum absolute atomic E-state index is 0.0411. The van der Waals surface area contributed by atoms with Crippen LogP contribution in [0.3, 0.4) is 0 Å². The lowest BCUT2D eigenvalue weighted by Crippen LogP contribution is -2.24. The molecule has 2 amide bonds. The number of carboxylic acid groups (broad SMARTS) is 1. The third-order valence-corrected chi connectivity index (χ3v) is 4.33. The van der Waals surface area contributed by atoms with E-state index in [2.05, 4.69) is 5.32 Å². The molecule has 146 valence electrons. The Morgan fingerprint density at radius 2 is 1.93 bits per heavy atom. The molecule has 1 aliphatic heterocycles. The summed E-state index contributed by atoms with van der Waals surface area (Å²) in [6, 6.07) is 11.1. The van der Waals surface area contributed by atoms with Crippen LogP contribution < -0.4 is 15.0 Å². The molecule has 7 nitrogen and oxygen atoms in total. The summed E-state index contributed by atoms with van der Waals surface area (Å²) < 4.78 is 5.68. The zero-order valence-corrected chi connectivity index (χ0v) is 15.8. The van der Waals surface area contributed by atoms with E-state index in [4.69, 9.17) is 4.74 Å². The first-order valence-corrected chi connectivity index (χ1v) is 9.11. The second-order valence-corrected chi connectivity index (χ2v) is 6.84. The van der Waals surface area contributed by atoms with E-state index in [9.17, 15) is 19.5 Å². The van der Waals surface area contributed by atoms with Gasteiger partial charge in [0.1, 0.15) is 5.75 Å². The quantitative estimate of drug-likeness (QED) is 0.796. The molecule has 1 fully saturated rings. The van der Waals surface area contributed by atoms with E-state index < -0.39 is 11.9 Å². The standard InChI is InChI=1S/C21H22N2O5/c1-13(2)28-18-9-8-15(21(26)27)12-17(18)22-20(25)14-5-3-6-16(11-14)23-10-4-7-19(23)24/h3,5-6,8-9,11-13H,4,7,10H2,1-2H3,(H,22,25)(H,26,27). The highest BCUT2D eigenvalue weighted by Crippen LogP contribution is 2.28. The number of carboxylic acids is 1. The largest absolute Gasteiger partial charge is 0.489 e. The lowest BCUT2D eigenvalue weighted by atomic mass is 10.1. The SMILES string of the molecule is CC(C)Oc1ccc(C(=O)O)cc1NC(=O)c1cccc(N2CCCC2=O)c1. The lowest BCUT2D eigenvalue weighted by molar-refractivity contribution is -0.117. The first kappa shape index (κ1) is 19.4. The number of hydrogen-bond donors (Lipinski definition) is 2. The summed E-state index contributed by atoms with van der Waals surface area (Å²) in [7, 11) is 0. The van der Waals surface area contributed by atoms with Gasteiger partial charge in [-0.2, -0.15) is 0 Å². The number of nitrogens with zero attached hydrogens (tertiary/aromatic N) is 1. The molecule has 0 aliphatic carbocycles. The molecule has 0 bridgehead atoms. The maximum absolute atomic E-state index is 12.8. The van der Waals surface area contributed by atoms with Crippen molar-refractivity contribution in [1.29, 1.82) is 0 Å². The van der Waals surface area contributed by atoms with E-state index in [1.54, 1.807) is 29.2 Å². The maximum atomic E-state index is 12.8. The van der Waals surface area contributed by atoms with Crippen LogP contribution in [0.15, 0.2) is 42.5 Å². The predicted molar refractivity (Wildman–Crippen MR) is 105 cm³/mol. The van der Waals surface area contributed by atoms with Gasteiger partial charge in [0.15, 0.2) is 0 Å². The van der Waals surface area contributed by atoms with Crippen molar-refractivity contribution in [1.82, 2.24) is 0 Å². The molecule has 0 aromatic heterocycles. The van der Waals surface area contributed by atoms with E-state index >= 15 is 0 Å². The summed E-state index contributed by atoms with van der Waals surface area (Å²) in [6.07, 6.45) is 1.16. The number of amides is 2. The summed E-state index contributed by atoms with van der Waals surface area (Å²) >= 11 is 0. The van der Waals surface area contributed by atoms with Crippen molar-refractivity contribution in [2.24, 2.45) is 0 Å². The molecule has 2 N–H and O–H groups in total. The monoisotopic (exact) mass is 382 g/mol. The third kappa shape index (κ3) is 4.31. The van der Waals surface area contributed by atoms with Gasteiger partial charge in [0.05, 0.1) is 17.4 Å². The fourth-order valence-electron chi connectivity index (χ4n) is 3.05. The van der Waals surface area contributed by atoms with Crippen molar-refractivity contribution in [2.75, 3.05) is 16.8 Å². The molecule has 1 saturated heterocycles. The molecule has 0 atom stereocenters. The van der Waals surface area contributed by atoms with Crippen LogP contribution in [-0.4, -0.2) is 35.5 Å². The van der Waals surface area contributed by atoms with Crippen LogP contribution in [0.1, 0.15) is 47.4 Å². The van der Waals surface area contributed by atoms with E-state index in [0.29, 0.717) is 30.0 Å². The molecule has 0 radical (unpaired) electrons. The van der Waals surface area contributed by atoms with Crippen LogP contribution in [0.25, 0.3) is 0 Å². The van der Waals surface area contributed by atoms with Crippen LogP contribution in [0.4, 0.5) is 11.4 Å². The van der Waals surface area contributed by atoms with Crippen LogP contribution in [0, 0.1) is 0 Å². The number of ether oxygens (including phenoxy) is 1. The zero-order valence-electron chi connectivity index (χ0n) is 15.8. The molecule has 1 aliphatic rings. The summed E-state index contributed by atoms with van der Waals surface area (Å²) in [5.41, 5.74) is 1.37. The molecule has 3 rings (SSSR count). The minimum Gasteiger partial charge on any atom is -0.489 e. The molecule has 7 heteroatoms. The molecule has 2 aromatic rings. The summed E-state index contributed by atoms with van der Waals surface area (Å²) in [5, 5.41) is 12.0. The average Bonchev–Trinajstić information content (AvgIpc) is 3.08.